The largest absolute Gasteiger partial charge is 0.507 e. The van der Waals surface area contributed by atoms with Crippen molar-refractivity contribution in [1.82, 2.24) is 4.57 Å². The maximum absolute atomic E-state index is 12.1. The number of anilines is 1. The van der Waals surface area contributed by atoms with Gasteiger partial charge < -0.3 is 20.1 Å². The third-order valence-electron chi connectivity index (χ3n) is 2.92. The monoisotopic (exact) mass is 308 g/mol. The summed E-state index contributed by atoms with van der Waals surface area (Å²) >= 11 is 5.87. The molecular formula is C14H13ClN2O4. The van der Waals surface area contributed by atoms with E-state index in [2.05, 4.69) is 5.32 Å². The number of aromatic carboxylic acids is 1. The van der Waals surface area contributed by atoms with E-state index >= 15 is 0 Å². The lowest BCUT2D eigenvalue weighted by Crippen LogP contribution is -2.16. The number of aromatic nitrogens is 1. The minimum atomic E-state index is -1.24. The molecule has 2 rings (SSSR count). The number of benzene rings is 1. The molecule has 2 aromatic rings. The zero-order valence-electron chi connectivity index (χ0n) is 11.1. The number of carboxylic acids is 1. The second-order valence-electron chi connectivity index (χ2n) is 4.32. The quantitative estimate of drug-likeness (QED) is 0.810. The molecule has 0 bridgehead atoms. The molecule has 0 unspecified atom stereocenters. The van der Waals surface area contributed by atoms with E-state index in [1.807, 2.05) is 6.92 Å². The second-order valence-corrected chi connectivity index (χ2v) is 4.76. The molecule has 0 aliphatic rings. The van der Waals surface area contributed by atoms with Gasteiger partial charge in [-0.2, -0.15) is 0 Å². The average molecular weight is 309 g/mol. The Bertz CT molecular complexity index is 709. The number of hydrogen-bond acceptors (Lipinski definition) is 3. The van der Waals surface area contributed by atoms with Gasteiger partial charge in [-0.25, -0.2) is 4.79 Å². The van der Waals surface area contributed by atoms with Crippen LogP contribution >= 0.6 is 11.6 Å². The number of carboxylic acid groups (broad SMARTS) is 1. The number of aryl methyl sites for hydroxylation is 1. The van der Waals surface area contributed by atoms with Crippen LogP contribution in [0.3, 0.4) is 0 Å². The van der Waals surface area contributed by atoms with Crippen LogP contribution < -0.4 is 5.32 Å². The highest BCUT2D eigenvalue weighted by Gasteiger charge is 2.14. The van der Waals surface area contributed by atoms with E-state index in [-0.39, 0.29) is 5.56 Å². The van der Waals surface area contributed by atoms with Crippen LogP contribution in [0.25, 0.3) is 0 Å². The highest BCUT2D eigenvalue weighted by molar-refractivity contribution is 6.31. The summed E-state index contributed by atoms with van der Waals surface area (Å²) in [6.07, 6.45) is 1.64. The molecule has 0 aliphatic carbocycles. The fourth-order valence-corrected chi connectivity index (χ4v) is 2.13. The lowest BCUT2D eigenvalue weighted by molar-refractivity contribution is 0.0693. The number of rotatable bonds is 4. The Morgan fingerprint density at radius 1 is 1.33 bits per heavy atom. The fraction of sp³-hybridized carbons (Fsp3) is 0.143. The number of aromatic hydroxyl groups is 1. The van der Waals surface area contributed by atoms with Gasteiger partial charge in [-0.3, -0.25) is 4.79 Å². The third kappa shape index (κ3) is 3.17. The van der Waals surface area contributed by atoms with Crippen molar-refractivity contribution in [2.75, 3.05) is 5.32 Å². The number of carbonyl (C=O) groups is 2. The number of halogens is 1. The van der Waals surface area contributed by atoms with E-state index in [0.717, 1.165) is 0 Å². The van der Waals surface area contributed by atoms with Gasteiger partial charge in [0.2, 0.25) is 0 Å². The zero-order chi connectivity index (χ0) is 15.6. The van der Waals surface area contributed by atoms with Crippen molar-refractivity contribution >= 4 is 29.2 Å². The SMILES string of the molecule is CCn1cc(Cl)cc1C(=O)Nc1ccc(C(=O)O)c(O)c1. The Morgan fingerprint density at radius 2 is 2.05 bits per heavy atom. The molecule has 110 valence electrons. The van der Waals surface area contributed by atoms with Crippen molar-refractivity contribution in [2.45, 2.75) is 13.5 Å². The maximum Gasteiger partial charge on any atom is 0.339 e. The Kier molecular flexibility index (Phi) is 4.18. The van der Waals surface area contributed by atoms with Gasteiger partial charge in [-0.15, -0.1) is 0 Å². The van der Waals surface area contributed by atoms with Crippen LogP contribution in [0.2, 0.25) is 5.02 Å². The molecule has 0 spiro atoms. The molecule has 0 fully saturated rings. The van der Waals surface area contributed by atoms with Gasteiger partial charge in [-0.1, -0.05) is 11.6 Å². The summed E-state index contributed by atoms with van der Waals surface area (Å²) in [6, 6.07) is 5.34. The summed E-state index contributed by atoms with van der Waals surface area (Å²) in [4.78, 5) is 22.9. The smallest absolute Gasteiger partial charge is 0.339 e. The van der Waals surface area contributed by atoms with Crippen molar-refractivity contribution < 1.29 is 19.8 Å². The Morgan fingerprint density at radius 3 is 2.62 bits per heavy atom. The standard InChI is InChI=1S/C14H13ClN2O4/c1-2-17-7-8(15)5-11(17)13(19)16-9-3-4-10(14(20)21)12(18)6-9/h3-7,18H,2H2,1H3,(H,16,19)(H,20,21). The fourth-order valence-electron chi connectivity index (χ4n) is 1.91. The zero-order valence-corrected chi connectivity index (χ0v) is 11.9. The van der Waals surface area contributed by atoms with Crippen molar-refractivity contribution in [3.05, 3.63) is 46.7 Å². The molecule has 3 N–H and O–H groups in total. The maximum atomic E-state index is 12.1. The Hall–Kier alpha value is -2.47. The Labute approximate surface area is 125 Å². The first-order valence-corrected chi connectivity index (χ1v) is 6.53. The molecular weight excluding hydrogens is 296 g/mol. The summed E-state index contributed by atoms with van der Waals surface area (Å²) in [5, 5.41) is 21.4. The van der Waals surface area contributed by atoms with Crippen LogP contribution in [0.5, 0.6) is 5.75 Å². The van der Waals surface area contributed by atoms with Gasteiger partial charge in [0.15, 0.2) is 0 Å². The van der Waals surface area contributed by atoms with Crippen molar-refractivity contribution in [1.29, 1.82) is 0 Å². The van der Waals surface area contributed by atoms with E-state index in [1.54, 1.807) is 10.8 Å². The van der Waals surface area contributed by atoms with E-state index in [0.29, 0.717) is 22.9 Å². The molecule has 21 heavy (non-hydrogen) atoms. The second kappa shape index (κ2) is 5.88. The van der Waals surface area contributed by atoms with Crippen LogP contribution in [-0.2, 0) is 6.54 Å². The van der Waals surface area contributed by atoms with Crippen LogP contribution in [-0.4, -0.2) is 26.7 Å². The van der Waals surface area contributed by atoms with Gasteiger partial charge >= 0.3 is 5.97 Å². The highest BCUT2D eigenvalue weighted by Crippen LogP contribution is 2.23. The molecule has 0 atom stereocenters. The molecule has 0 aliphatic heterocycles. The summed E-state index contributed by atoms with van der Waals surface area (Å²) in [6.45, 7) is 2.46. The molecule has 1 aromatic heterocycles. The average Bonchev–Trinajstić information content (AvgIpc) is 2.79. The summed E-state index contributed by atoms with van der Waals surface area (Å²) < 4.78 is 1.68. The molecule has 1 amide bonds. The highest BCUT2D eigenvalue weighted by atomic mass is 35.5. The first-order chi connectivity index (χ1) is 9.92. The molecule has 0 saturated heterocycles. The first-order valence-electron chi connectivity index (χ1n) is 6.15. The van der Waals surface area contributed by atoms with Gasteiger partial charge in [0.25, 0.3) is 5.91 Å². The normalized spacial score (nSPS) is 10.4. The molecule has 7 heteroatoms. The van der Waals surface area contributed by atoms with Crippen LogP contribution in [0, 0.1) is 0 Å². The van der Waals surface area contributed by atoms with Gasteiger partial charge in [0.05, 0.1) is 5.02 Å². The number of carbonyl (C=O) groups excluding carboxylic acids is 1. The van der Waals surface area contributed by atoms with Crippen LogP contribution in [0.15, 0.2) is 30.5 Å². The van der Waals surface area contributed by atoms with Gasteiger partial charge in [0, 0.05) is 24.5 Å². The molecule has 0 saturated carbocycles. The Balaban J connectivity index is 2.23. The van der Waals surface area contributed by atoms with Crippen molar-refractivity contribution in [3.63, 3.8) is 0 Å². The number of hydrogen-bond donors (Lipinski definition) is 3. The van der Waals surface area contributed by atoms with E-state index in [1.165, 1.54) is 24.3 Å². The minimum absolute atomic E-state index is 0.229. The van der Waals surface area contributed by atoms with Gasteiger partial charge in [0.1, 0.15) is 17.0 Å². The topological polar surface area (TPSA) is 91.6 Å². The molecule has 1 heterocycles. The molecule has 6 nitrogen and oxygen atoms in total. The predicted octanol–water partition coefficient (Wildman–Crippen LogP) is 2.82. The summed E-state index contributed by atoms with van der Waals surface area (Å²) in [5.41, 5.74) is 0.444. The van der Waals surface area contributed by atoms with Gasteiger partial charge in [-0.05, 0) is 25.1 Å². The van der Waals surface area contributed by atoms with Crippen LogP contribution in [0.4, 0.5) is 5.69 Å². The molecule has 1 aromatic carbocycles. The number of nitrogens with zero attached hydrogens (tertiary/aromatic N) is 1. The third-order valence-corrected chi connectivity index (χ3v) is 3.13. The van der Waals surface area contributed by atoms with Crippen LogP contribution in [0.1, 0.15) is 27.8 Å². The van der Waals surface area contributed by atoms with E-state index in [9.17, 15) is 14.7 Å². The van der Waals surface area contributed by atoms with Crippen molar-refractivity contribution in [3.8, 4) is 5.75 Å². The lowest BCUT2D eigenvalue weighted by Gasteiger charge is -2.08. The first kappa shape index (κ1) is 14.9. The van der Waals surface area contributed by atoms with E-state index < -0.39 is 17.6 Å². The number of nitrogens with one attached hydrogen (secondary N) is 1. The minimum Gasteiger partial charge on any atom is -0.507 e. The number of phenols is 1. The predicted molar refractivity (Wildman–Crippen MR) is 78.1 cm³/mol. The summed E-state index contributed by atoms with van der Waals surface area (Å²) in [7, 11) is 0. The molecule has 0 radical (unpaired) electrons. The van der Waals surface area contributed by atoms with E-state index in [4.69, 9.17) is 16.7 Å². The van der Waals surface area contributed by atoms with Crippen molar-refractivity contribution in [2.24, 2.45) is 0 Å². The lowest BCUT2D eigenvalue weighted by atomic mass is 10.2. The number of amides is 1. The summed E-state index contributed by atoms with van der Waals surface area (Å²) in [5.74, 6) is -2.05.